The average molecular weight is 328 g/mol. The molecule has 1 atom stereocenters. The van der Waals surface area contributed by atoms with Gasteiger partial charge in [0.25, 0.3) is 0 Å². The number of nitrogens with two attached hydrogens (primary N) is 1. The molecule has 2 rings (SSSR count). The summed E-state index contributed by atoms with van der Waals surface area (Å²) in [6.07, 6.45) is 3.10. The number of H-pyrrole nitrogens is 1. The van der Waals surface area contributed by atoms with Gasteiger partial charge in [0.05, 0.1) is 10.9 Å². The van der Waals surface area contributed by atoms with Crippen LogP contribution in [0.4, 0.5) is 4.39 Å². The standard InChI is InChI=1S/C12H13FN4O2S2/c1-7(12-15-4-5-16-12)17-21(18,19)8-2-3-10(13)9(6-8)11(14)20/h2-7,17H,1H3,(H2,14,20)(H,15,16). The number of thiocarbonyl (C=S) groups is 1. The zero-order valence-corrected chi connectivity index (χ0v) is 12.6. The van der Waals surface area contributed by atoms with E-state index in [9.17, 15) is 12.8 Å². The Morgan fingerprint density at radius 2 is 2.24 bits per heavy atom. The van der Waals surface area contributed by atoms with Gasteiger partial charge in [-0.05, 0) is 25.1 Å². The number of hydrogen-bond donors (Lipinski definition) is 3. The lowest BCUT2D eigenvalue weighted by molar-refractivity contribution is 0.560. The van der Waals surface area contributed by atoms with Crippen LogP contribution in [-0.4, -0.2) is 23.4 Å². The predicted octanol–water partition coefficient (Wildman–Crippen LogP) is 1.22. The number of nitrogens with zero attached hydrogens (tertiary/aromatic N) is 1. The summed E-state index contributed by atoms with van der Waals surface area (Å²) >= 11 is 4.69. The normalized spacial score (nSPS) is 13.0. The fourth-order valence-corrected chi connectivity index (χ4v) is 3.12. The van der Waals surface area contributed by atoms with Gasteiger partial charge in [-0.25, -0.2) is 22.5 Å². The summed E-state index contributed by atoms with van der Waals surface area (Å²) in [5, 5.41) is 0. The highest BCUT2D eigenvalue weighted by atomic mass is 32.2. The van der Waals surface area contributed by atoms with E-state index in [0.717, 1.165) is 18.2 Å². The monoisotopic (exact) mass is 328 g/mol. The van der Waals surface area contributed by atoms with Crippen LogP contribution in [0.3, 0.4) is 0 Å². The van der Waals surface area contributed by atoms with E-state index in [4.69, 9.17) is 18.0 Å². The highest BCUT2D eigenvalue weighted by Gasteiger charge is 2.21. The lowest BCUT2D eigenvalue weighted by Gasteiger charge is -2.13. The molecule has 0 aliphatic heterocycles. The Labute approximate surface area is 126 Å². The maximum absolute atomic E-state index is 13.5. The molecule has 0 saturated carbocycles. The van der Waals surface area contributed by atoms with E-state index in [0.29, 0.717) is 5.82 Å². The molecule has 0 amide bonds. The van der Waals surface area contributed by atoms with Crippen LogP contribution in [0.5, 0.6) is 0 Å². The number of rotatable bonds is 5. The quantitative estimate of drug-likeness (QED) is 0.717. The van der Waals surface area contributed by atoms with Crippen molar-refractivity contribution in [3.05, 3.63) is 47.8 Å². The number of benzene rings is 1. The van der Waals surface area contributed by atoms with Gasteiger partial charge in [-0.2, -0.15) is 0 Å². The molecule has 2 aromatic rings. The maximum atomic E-state index is 13.5. The molecule has 0 fully saturated rings. The van der Waals surface area contributed by atoms with Gasteiger partial charge >= 0.3 is 0 Å². The Morgan fingerprint density at radius 3 is 2.81 bits per heavy atom. The molecule has 112 valence electrons. The van der Waals surface area contributed by atoms with Gasteiger partial charge in [0.2, 0.25) is 10.0 Å². The first-order chi connectivity index (χ1) is 9.81. The van der Waals surface area contributed by atoms with Crippen molar-refractivity contribution < 1.29 is 12.8 Å². The SMILES string of the molecule is CC(NS(=O)(=O)c1ccc(F)c(C(N)=S)c1)c1ncc[nH]1. The smallest absolute Gasteiger partial charge is 0.241 e. The Bertz CT molecular complexity index is 760. The highest BCUT2D eigenvalue weighted by Crippen LogP contribution is 2.17. The van der Waals surface area contributed by atoms with Crippen molar-refractivity contribution >= 4 is 27.2 Å². The van der Waals surface area contributed by atoms with Gasteiger partial charge in [0.1, 0.15) is 16.6 Å². The van der Waals surface area contributed by atoms with Crippen LogP contribution in [0.2, 0.25) is 0 Å². The van der Waals surface area contributed by atoms with Crippen molar-refractivity contribution in [2.24, 2.45) is 5.73 Å². The van der Waals surface area contributed by atoms with E-state index in [-0.39, 0.29) is 15.4 Å². The molecule has 1 aromatic heterocycles. The van der Waals surface area contributed by atoms with Crippen molar-refractivity contribution in [1.29, 1.82) is 0 Å². The third-order valence-electron chi connectivity index (χ3n) is 2.78. The number of hydrogen-bond acceptors (Lipinski definition) is 4. The van der Waals surface area contributed by atoms with Crippen molar-refractivity contribution in [2.75, 3.05) is 0 Å². The van der Waals surface area contributed by atoms with Gasteiger partial charge in [-0.3, -0.25) is 0 Å². The fourth-order valence-electron chi connectivity index (χ4n) is 1.73. The van der Waals surface area contributed by atoms with Crippen LogP contribution in [0.15, 0.2) is 35.5 Å². The van der Waals surface area contributed by atoms with E-state index in [2.05, 4.69) is 14.7 Å². The minimum atomic E-state index is -3.85. The topological polar surface area (TPSA) is 101 Å². The van der Waals surface area contributed by atoms with Crippen LogP contribution in [0.25, 0.3) is 0 Å². The van der Waals surface area contributed by atoms with Crippen molar-refractivity contribution in [2.45, 2.75) is 17.9 Å². The second-order valence-electron chi connectivity index (χ2n) is 4.32. The molecular formula is C12H13FN4O2S2. The van der Waals surface area contributed by atoms with E-state index in [1.165, 1.54) is 6.20 Å². The number of halogens is 1. The molecule has 0 bridgehead atoms. The Morgan fingerprint density at radius 1 is 1.52 bits per heavy atom. The number of aromatic amines is 1. The Hall–Kier alpha value is -1.84. The molecule has 1 heterocycles. The number of aromatic nitrogens is 2. The molecule has 0 spiro atoms. The van der Waals surface area contributed by atoms with E-state index in [1.54, 1.807) is 13.1 Å². The van der Waals surface area contributed by atoms with Crippen LogP contribution >= 0.6 is 12.2 Å². The Kier molecular flexibility index (Phi) is 4.35. The Balaban J connectivity index is 2.32. The molecule has 0 radical (unpaired) electrons. The second-order valence-corrected chi connectivity index (χ2v) is 6.48. The summed E-state index contributed by atoms with van der Waals surface area (Å²) in [6, 6.07) is 2.70. The summed E-state index contributed by atoms with van der Waals surface area (Å²) in [6.45, 7) is 1.63. The van der Waals surface area contributed by atoms with Crippen LogP contribution in [-0.2, 0) is 10.0 Å². The average Bonchev–Trinajstić information content (AvgIpc) is 2.92. The van der Waals surface area contributed by atoms with E-state index >= 15 is 0 Å². The fraction of sp³-hybridized carbons (Fsp3) is 0.167. The largest absolute Gasteiger partial charge is 0.389 e. The molecule has 0 saturated heterocycles. The summed E-state index contributed by atoms with van der Waals surface area (Å²) in [5.74, 6) is -0.198. The molecule has 1 unspecified atom stereocenters. The first kappa shape index (κ1) is 15.5. The molecule has 1 aromatic carbocycles. The van der Waals surface area contributed by atoms with Gasteiger partial charge in [-0.15, -0.1) is 0 Å². The van der Waals surface area contributed by atoms with Crippen LogP contribution in [0.1, 0.15) is 24.4 Å². The van der Waals surface area contributed by atoms with Gasteiger partial charge < -0.3 is 10.7 Å². The van der Waals surface area contributed by atoms with Gasteiger partial charge in [-0.1, -0.05) is 12.2 Å². The molecule has 9 heteroatoms. The second kappa shape index (κ2) is 5.88. The summed E-state index contributed by atoms with van der Waals surface area (Å²) in [7, 11) is -3.85. The first-order valence-corrected chi connectivity index (χ1v) is 7.81. The number of nitrogens with one attached hydrogen (secondary N) is 2. The summed E-state index contributed by atoms with van der Waals surface area (Å²) in [4.78, 5) is 6.46. The van der Waals surface area contributed by atoms with E-state index in [1.807, 2.05) is 0 Å². The van der Waals surface area contributed by atoms with Gasteiger partial charge in [0, 0.05) is 18.0 Å². The molecule has 6 nitrogen and oxygen atoms in total. The summed E-state index contributed by atoms with van der Waals surface area (Å²) < 4.78 is 40.5. The maximum Gasteiger partial charge on any atom is 0.241 e. The van der Waals surface area contributed by atoms with Crippen molar-refractivity contribution in [3.63, 3.8) is 0 Å². The molecule has 21 heavy (non-hydrogen) atoms. The molecule has 0 aliphatic rings. The third kappa shape index (κ3) is 3.43. The van der Waals surface area contributed by atoms with Crippen molar-refractivity contribution in [3.8, 4) is 0 Å². The lowest BCUT2D eigenvalue weighted by Crippen LogP contribution is -2.28. The minimum absolute atomic E-state index is 0.112. The molecule has 4 N–H and O–H groups in total. The van der Waals surface area contributed by atoms with E-state index < -0.39 is 21.9 Å². The highest BCUT2D eigenvalue weighted by molar-refractivity contribution is 7.89. The first-order valence-electron chi connectivity index (χ1n) is 5.92. The number of imidazole rings is 1. The van der Waals surface area contributed by atoms with Gasteiger partial charge in [0.15, 0.2) is 0 Å². The van der Waals surface area contributed by atoms with Crippen LogP contribution < -0.4 is 10.5 Å². The lowest BCUT2D eigenvalue weighted by atomic mass is 10.2. The predicted molar refractivity (Wildman–Crippen MR) is 79.6 cm³/mol. The third-order valence-corrected chi connectivity index (χ3v) is 4.53. The summed E-state index contributed by atoms with van der Waals surface area (Å²) in [5.41, 5.74) is 5.25. The zero-order chi connectivity index (χ0) is 15.6. The molecule has 0 aliphatic carbocycles. The van der Waals surface area contributed by atoms with Crippen LogP contribution in [0, 0.1) is 5.82 Å². The minimum Gasteiger partial charge on any atom is -0.389 e. The number of sulfonamides is 1. The molecular weight excluding hydrogens is 315 g/mol. The zero-order valence-electron chi connectivity index (χ0n) is 11.0. The van der Waals surface area contributed by atoms with Crippen molar-refractivity contribution in [1.82, 2.24) is 14.7 Å².